The summed E-state index contributed by atoms with van der Waals surface area (Å²) in [6.07, 6.45) is 0.709. The van der Waals surface area contributed by atoms with Gasteiger partial charge in [-0.15, -0.1) is 0 Å². The number of aryl methyl sites for hydroxylation is 2. The van der Waals surface area contributed by atoms with Crippen LogP contribution in [0.3, 0.4) is 0 Å². The van der Waals surface area contributed by atoms with Crippen LogP contribution >= 0.6 is 0 Å². The van der Waals surface area contributed by atoms with Crippen LogP contribution in [0.5, 0.6) is 0 Å². The molecule has 1 amide bonds. The predicted molar refractivity (Wildman–Crippen MR) is 87.1 cm³/mol. The lowest BCUT2D eigenvalue weighted by molar-refractivity contribution is -0.141. The Bertz CT molecular complexity index is 497. The molecule has 1 aromatic rings. The second-order valence-corrected chi connectivity index (χ2v) is 5.43. The minimum absolute atomic E-state index is 0.0954. The third kappa shape index (κ3) is 6.69. The van der Waals surface area contributed by atoms with Crippen LogP contribution in [0.4, 0.5) is 5.69 Å². The number of carboxylic acid groups (broad SMARTS) is 1. The van der Waals surface area contributed by atoms with Crippen molar-refractivity contribution in [3.05, 3.63) is 29.3 Å². The Labute approximate surface area is 131 Å². The molecule has 1 aromatic carbocycles. The fraction of sp³-hybridized carbons (Fsp3) is 0.500. The second kappa shape index (κ2) is 9.17. The molecule has 0 bridgehead atoms. The maximum absolute atomic E-state index is 12.0. The highest BCUT2D eigenvalue weighted by atomic mass is 16.4. The summed E-state index contributed by atoms with van der Waals surface area (Å²) in [6, 6.07) is 4.86. The van der Waals surface area contributed by atoms with Gasteiger partial charge in [-0.25, -0.2) is 0 Å². The summed E-state index contributed by atoms with van der Waals surface area (Å²) in [7, 11) is 1.84. The Morgan fingerprint density at radius 1 is 1.14 bits per heavy atom. The van der Waals surface area contributed by atoms with E-state index in [1.807, 2.05) is 39.1 Å². The molecule has 0 radical (unpaired) electrons. The SMILES string of the molecule is CNCCCN[C@@H](CC(=O)Nc1cc(C)cc(C)c1)C(=O)O. The number of rotatable bonds is 9. The lowest BCUT2D eigenvalue weighted by Crippen LogP contribution is -2.40. The van der Waals surface area contributed by atoms with Crippen molar-refractivity contribution in [3.63, 3.8) is 0 Å². The van der Waals surface area contributed by atoms with E-state index < -0.39 is 12.0 Å². The minimum atomic E-state index is -1.01. The fourth-order valence-corrected chi connectivity index (χ4v) is 2.23. The molecule has 4 N–H and O–H groups in total. The standard InChI is InChI=1S/C16H25N3O3/c1-11-7-12(2)9-13(8-11)19-15(20)10-14(16(21)22)18-6-4-5-17-3/h7-9,14,17-18H,4-6,10H2,1-3H3,(H,19,20)(H,21,22)/t14-/m0/s1. The average Bonchev–Trinajstić information content (AvgIpc) is 2.40. The molecule has 0 unspecified atom stereocenters. The summed E-state index contributed by atoms with van der Waals surface area (Å²) in [5.74, 6) is -1.32. The summed E-state index contributed by atoms with van der Waals surface area (Å²) in [5.41, 5.74) is 2.80. The normalized spacial score (nSPS) is 12.0. The summed E-state index contributed by atoms with van der Waals surface area (Å²) >= 11 is 0. The molecule has 0 saturated carbocycles. The van der Waals surface area contributed by atoms with Gasteiger partial charge < -0.3 is 21.1 Å². The molecule has 0 heterocycles. The van der Waals surface area contributed by atoms with E-state index in [0.29, 0.717) is 12.2 Å². The van der Waals surface area contributed by atoms with E-state index in [4.69, 9.17) is 0 Å². The summed E-state index contributed by atoms with van der Waals surface area (Å²) < 4.78 is 0. The van der Waals surface area contributed by atoms with Crippen LogP contribution in [-0.2, 0) is 9.59 Å². The maximum Gasteiger partial charge on any atom is 0.321 e. The number of carbonyl (C=O) groups is 2. The van der Waals surface area contributed by atoms with E-state index in [-0.39, 0.29) is 12.3 Å². The highest BCUT2D eigenvalue weighted by Gasteiger charge is 2.20. The minimum Gasteiger partial charge on any atom is -0.480 e. The summed E-state index contributed by atoms with van der Waals surface area (Å²) in [6.45, 7) is 5.25. The number of benzene rings is 1. The number of carbonyl (C=O) groups excluding carboxylic acids is 1. The first kappa shape index (κ1) is 18.1. The Kier molecular flexibility index (Phi) is 7.56. The number of nitrogens with one attached hydrogen (secondary N) is 3. The first-order valence-corrected chi connectivity index (χ1v) is 7.41. The van der Waals surface area contributed by atoms with Crippen molar-refractivity contribution in [2.75, 3.05) is 25.5 Å². The molecule has 22 heavy (non-hydrogen) atoms. The number of amides is 1. The molecule has 0 aliphatic rings. The molecular weight excluding hydrogens is 282 g/mol. The molecular formula is C16H25N3O3. The van der Waals surface area contributed by atoms with Crippen LogP contribution in [-0.4, -0.2) is 43.2 Å². The van der Waals surface area contributed by atoms with Gasteiger partial charge in [0.2, 0.25) is 5.91 Å². The van der Waals surface area contributed by atoms with Gasteiger partial charge in [0.25, 0.3) is 0 Å². The van der Waals surface area contributed by atoms with Gasteiger partial charge >= 0.3 is 5.97 Å². The number of hydrogen-bond donors (Lipinski definition) is 4. The molecule has 0 spiro atoms. The maximum atomic E-state index is 12.0. The zero-order valence-electron chi connectivity index (χ0n) is 13.4. The zero-order valence-corrected chi connectivity index (χ0v) is 13.4. The van der Waals surface area contributed by atoms with Crippen molar-refractivity contribution in [2.24, 2.45) is 0 Å². The molecule has 1 rings (SSSR count). The smallest absolute Gasteiger partial charge is 0.321 e. The van der Waals surface area contributed by atoms with E-state index in [2.05, 4.69) is 16.0 Å². The van der Waals surface area contributed by atoms with Gasteiger partial charge in [0.15, 0.2) is 0 Å². The Morgan fingerprint density at radius 3 is 2.32 bits per heavy atom. The van der Waals surface area contributed by atoms with E-state index in [1.165, 1.54) is 0 Å². The van der Waals surface area contributed by atoms with E-state index >= 15 is 0 Å². The van der Waals surface area contributed by atoms with Crippen LogP contribution < -0.4 is 16.0 Å². The van der Waals surface area contributed by atoms with Gasteiger partial charge in [0.05, 0.1) is 6.42 Å². The van der Waals surface area contributed by atoms with E-state index in [0.717, 1.165) is 24.1 Å². The lowest BCUT2D eigenvalue weighted by Gasteiger charge is -2.14. The fourth-order valence-electron chi connectivity index (χ4n) is 2.23. The number of aliphatic carboxylic acids is 1. The Morgan fingerprint density at radius 2 is 1.77 bits per heavy atom. The molecule has 122 valence electrons. The first-order chi connectivity index (χ1) is 10.4. The monoisotopic (exact) mass is 307 g/mol. The lowest BCUT2D eigenvalue weighted by atomic mass is 10.1. The van der Waals surface area contributed by atoms with Gasteiger partial charge in [-0.05, 0) is 63.7 Å². The van der Waals surface area contributed by atoms with Crippen molar-refractivity contribution < 1.29 is 14.7 Å². The van der Waals surface area contributed by atoms with Crippen molar-refractivity contribution in [1.82, 2.24) is 10.6 Å². The van der Waals surface area contributed by atoms with Crippen molar-refractivity contribution in [3.8, 4) is 0 Å². The van der Waals surface area contributed by atoms with E-state index in [1.54, 1.807) is 0 Å². The molecule has 1 atom stereocenters. The topological polar surface area (TPSA) is 90.5 Å². The van der Waals surface area contributed by atoms with E-state index in [9.17, 15) is 14.7 Å². The Balaban J connectivity index is 2.54. The molecule has 6 nitrogen and oxygen atoms in total. The molecule has 0 aromatic heterocycles. The largest absolute Gasteiger partial charge is 0.480 e. The quantitative estimate of drug-likeness (QED) is 0.516. The Hall–Kier alpha value is -1.92. The number of carboxylic acids is 1. The zero-order chi connectivity index (χ0) is 16.5. The first-order valence-electron chi connectivity index (χ1n) is 7.41. The van der Waals surface area contributed by atoms with Gasteiger partial charge in [-0.1, -0.05) is 6.07 Å². The molecule has 0 aliphatic carbocycles. The number of hydrogen-bond acceptors (Lipinski definition) is 4. The highest BCUT2D eigenvalue weighted by molar-refractivity contribution is 5.94. The predicted octanol–water partition coefficient (Wildman–Crippen LogP) is 1.28. The third-order valence-corrected chi connectivity index (χ3v) is 3.19. The number of anilines is 1. The summed E-state index contributed by atoms with van der Waals surface area (Å²) in [4.78, 5) is 23.2. The van der Waals surface area contributed by atoms with Gasteiger partial charge in [0, 0.05) is 5.69 Å². The van der Waals surface area contributed by atoms with Gasteiger partial charge in [-0.3, -0.25) is 9.59 Å². The van der Waals surface area contributed by atoms with Crippen LogP contribution in [0.2, 0.25) is 0 Å². The van der Waals surface area contributed by atoms with Gasteiger partial charge in [-0.2, -0.15) is 0 Å². The average molecular weight is 307 g/mol. The summed E-state index contributed by atoms with van der Waals surface area (Å²) in [5, 5.41) is 17.8. The second-order valence-electron chi connectivity index (χ2n) is 5.43. The van der Waals surface area contributed by atoms with Crippen molar-refractivity contribution in [2.45, 2.75) is 32.7 Å². The van der Waals surface area contributed by atoms with Crippen LogP contribution in [0, 0.1) is 13.8 Å². The molecule has 0 saturated heterocycles. The van der Waals surface area contributed by atoms with Crippen LogP contribution in [0.1, 0.15) is 24.0 Å². The molecule has 0 fully saturated rings. The third-order valence-electron chi connectivity index (χ3n) is 3.19. The molecule has 6 heteroatoms. The molecule has 0 aliphatic heterocycles. The highest BCUT2D eigenvalue weighted by Crippen LogP contribution is 2.14. The van der Waals surface area contributed by atoms with Crippen molar-refractivity contribution in [1.29, 1.82) is 0 Å². The van der Waals surface area contributed by atoms with Crippen LogP contribution in [0.25, 0.3) is 0 Å². The van der Waals surface area contributed by atoms with Crippen LogP contribution in [0.15, 0.2) is 18.2 Å². The van der Waals surface area contributed by atoms with Crippen molar-refractivity contribution >= 4 is 17.6 Å². The van der Waals surface area contributed by atoms with Gasteiger partial charge in [0.1, 0.15) is 6.04 Å².